The van der Waals surface area contributed by atoms with Gasteiger partial charge in [-0.15, -0.1) is 5.10 Å². The number of rotatable bonds is 10. The van der Waals surface area contributed by atoms with E-state index in [0.29, 0.717) is 24.4 Å². The van der Waals surface area contributed by atoms with E-state index >= 15 is 0 Å². The summed E-state index contributed by atoms with van der Waals surface area (Å²) in [5.41, 5.74) is 0.165. The van der Waals surface area contributed by atoms with E-state index in [9.17, 15) is 18.0 Å². The molecule has 0 radical (unpaired) electrons. The van der Waals surface area contributed by atoms with Gasteiger partial charge in [-0.1, -0.05) is 30.2 Å². The molecule has 0 saturated carbocycles. The number of hydrogen-bond acceptors (Lipinski definition) is 5. The van der Waals surface area contributed by atoms with E-state index in [1.807, 2.05) is 6.92 Å². The van der Waals surface area contributed by atoms with Gasteiger partial charge < -0.3 is 9.64 Å². The minimum Gasteiger partial charge on any atom is -0.466 e. The number of piperidine rings is 1. The Labute approximate surface area is 186 Å². The molecule has 1 aliphatic heterocycles. The average molecular weight is 453 g/mol. The van der Waals surface area contributed by atoms with Crippen molar-refractivity contribution in [1.82, 2.24) is 19.9 Å². The highest BCUT2D eigenvalue weighted by Gasteiger charge is 2.30. The summed E-state index contributed by atoms with van der Waals surface area (Å²) in [6.07, 6.45) is 3.38. The molecule has 0 amide bonds. The molecular formula is C23H31F3N4O2. The van der Waals surface area contributed by atoms with Gasteiger partial charge >= 0.3 is 12.1 Å². The lowest BCUT2D eigenvalue weighted by atomic mass is 9.98. The first-order chi connectivity index (χ1) is 15.4. The van der Waals surface area contributed by atoms with Gasteiger partial charge in [-0.25, -0.2) is 0 Å². The Morgan fingerprint density at radius 3 is 2.72 bits per heavy atom. The number of carbonyl (C=O) groups excluding carboxylic acids is 1. The molecule has 0 aliphatic carbocycles. The molecule has 1 unspecified atom stereocenters. The number of alkyl halides is 3. The SMILES string of the molecule is CCOC(=O)C1CCCN(CCCCCCn2cc(-c3cccc(C(F)(F)F)c3)nn2)C1. The Bertz CT molecular complexity index is 869. The molecule has 6 nitrogen and oxygen atoms in total. The minimum atomic E-state index is -4.38. The van der Waals surface area contributed by atoms with Crippen LogP contribution in [0, 0.1) is 5.92 Å². The molecular weight excluding hydrogens is 421 g/mol. The van der Waals surface area contributed by atoms with Crippen molar-refractivity contribution >= 4 is 5.97 Å². The van der Waals surface area contributed by atoms with Crippen molar-refractivity contribution in [3.63, 3.8) is 0 Å². The Morgan fingerprint density at radius 2 is 1.97 bits per heavy atom. The molecule has 2 heterocycles. The van der Waals surface area contributed by atoms with Crippen LogP contribution < -0.4 is 0 Å². The van der Waals surface area contributed by atoms with E-state index in [4.69, 9.17) is 4.74 Å². The Balaban J connectivity index is 1.36. The van der Waals surface area contributed by atoms with Gasteiger partial charge in [0.05, 0.1) is 24.3 Å². The fraction of sp³-hybridized carbons (Fsp3) is 0.609. The largest absolute Gasteiger partial charge is 0.466 e. The lowest BCUT2D eigenvalue weighted by molar-refractivity contribution is -0.150. The van der Waals surface area contributed by atoms with Gasteiger partial charge in [0, 0.05) is 18.7 Å². The maximum Gasteiger partial charge on any atom is 0.416 e. The van der Waals surface area contributed by atoms with Crippen LogP contribution in [0.4, 0.5) is 13.2 Å². The summed E-state index contributed by atoms with van der Waals surface area (Å²) in [7, 11) is 0. The van der Waals surface area contributed by atoms with E-state index in [1.54, 1.807) is 16.9 Å². The lowest BCUT2D eigenvalue weighted by Gasteiger charge is -2.31. The van der Waals surface area contributed by atoms with Gasteiger partial charge in [0.2, 0.25) is 0 Å². The van der Waals surface area contributed by atoms with Crippen molar-refractivity contribution in [2.75, 3.05) is 26.2 Å². The number of halogens is 3. The third kappa shape index (κ3) is 7.05. The summed E-state index contributed by atoms with van der Waals surface area (Å²) >= 11 is 0. The van der Waals surface area contributed by atoms with Crippen molar-refractivity contribution in [2.45, 2.75) is 58.2 Å². The Morgan fingerprint density at radius 1 is 1.19 bits per heavy atom. The summed E-state index contributed by atoms with van der Waals surface area (Å²) in [5.74, 6) is -0.0726. The van der Waals surface area contributed by atoms with Crippen LogP contribution in [0.1, 0.15) is 51.0 Å². The number of carbonyl (C=O) groups is 1. The maximum atomic E-state index is 12.9. The van der Waals surface area contributed by atoms with Crippen LogP contribution in [0.15, 0.2) is 30.5 Å². The smallest absolute Gasteiger partial charge is 0.416 e. The highest BCUT2D eigenvalue weighted by molar-refractivity contribution is 5.72. The number of esters is 1. The monoisotopic (exact) mass is 452 g/mol. The number of hydrogen-bond donors (Lipinski definition) is 0. The first-order valence-electron chi connectivity index (χ1n) is 11.3. The first-order valence-corrected chi connectivity index (χ1v) is 11.3. The van der Waals surface area contributed by atoms with Gasteiger partial charge in [0.1, 0.15) is 5.69 Å². The molecule has 1 fully saturated rings. The van der Waals surface area contributed by atoms with Crippen LogP contribution in [-0.2, 0) is 22.3 Å². The standard InChI is InChI=1S/C23H31F3N4O2/c1-2-32-22(31)19-10-8-13-29(16-19)12-5-3-4-6-14-30-17-21(27-28-30)18-9-7-11-20(15-18)23(24,25)26/h7,9,11,15,17,19H,2-6,8,10,12-14,16H2,1H3. The quantitative estimate of drug-likeness (QED) is 0.383. The molecule has 1 saturated heterocycles. The molecule has 3 rings (SSSR count). The normalized spacial score (nSPS) is 17.4. The van der Waals surface area contributed by atoms with E-state index in [-0.39, 0.29) is 11.9 Å². The molecule has 0 N–H and O–H groups in total. The third-order valence-electron chi connectivity index (χ3n) is 5.76. The second kappa shape index (κ2) is 11.4. The van der Waals surface area contributed by atoms with Gasteiger partial charge in [-0.3, -0.25) is 9.48 Å². The Kier molecular flexibility index (Phi) is 8.67. The first kappa shape index (κ1) is 24.2. The number of likely N-dealkylation sites (tertiary alicyclic amines) is 1. The highest BCUT2D eigenvalue weighted by atomic mass is 19.4. The fourth-order valence-corrected chi connectivity index (χ4v) is 4.07. The number of benzene rings is 1. The zero-order valence-electron chi connectivity index (χ0n) is 18.5. The van der Waals surface area contributed by atoms with Crippen molar-refractivity contribution in [1.29, 1.82) is 0 Å². The molecule has 1 aromatic heterocycles. The second-order valence-electron chi connectivity index (χ2n) is 8.25. The van der Waals surface area contributed by atoms with Gasteiger partial charge in [0.15, 0.2) is 0 Å². The minimum absolute atomic E-state index is 0.00189. The van der Waals surface area contributed by atoms with E-state index in [2.05, 4.69) is 15.2 Å². The van der Waals surface area contributed by atoms with Crippen molar-refractivity contribution in [3.05, 3.63) is 36.0 Å². The van der Waals surface area contributed by atoms with E-state index < -0.39 is 11.7 Å². The number of unbranched alkanes of at least 4 members (excludes halogenated alkanes) is 3. The van der Waals surface area contributed by atoms with Crippen molar-refractivity contribution < 1.29 is 22.7 Å². The second-order valence-corrected chi connectivity index (χ2v) is 8.25. The molecule has 0 spiro atoms. The average Bonchev–Trinajstić information content (AvgIpc) is 3.25. The number of aryl methyl sites for hydroxylation is 1. The predicted molar refractivity (Wildman–Crippen MR) is 115 cm³/mol. The van der Waals surface area contributed by atoms with Gasteiger partial charge in [0.25, 0.3) is 0 Å². The molecule has 32 heavy (non-hydrogen) atoms. The van der Waals surface area contributed by atoms with Crippen LogP contribution in [-0.4, -0.2) is 52.1 Å². The predicted octanol–water partition coefficient (Wildman–Crippen LogP) is 4.80. The molecule has 2 aromatic rings. The molecule has 1 aliphatic rings. The van der Waals surface area contributed by atoms with E-state index in [0.717, 1.165) is 70.3 Å². The van der Waals surface area contributed by atoms with Crippen molar-refractivity contribution in [2.24, 2.45) is 5.92 Å². The zero-order valence-corrected chi connectivity index (χ0v) is 18.5. The van der Waals surface area contributed by atoms with Gasteiger partial charge in [-0.2, -0.15) is 13.2 Å². The molecule has 0 bridgehead atoms. The zero-order chi connectivity index (χ0) is 23.0. The third-order valence-corrected chi connectivity index (χ3v) is 5.76. The number of ether oxygens (including phenoxy) is 1. The molecule has 1 atom stereocenters. The summed E-state index contributed by atoms with van der Waals surface area (Å²) in [5, 5.41) is 8.07. The number of nitrogens with zero attached hydrogens (tertiary/aromatic N) is 4. The van der Waals surface area contributed by atoms with Crippen LogP contribution in [0.2, 0.25) is 0 Å². The van der Waals surface area contributed by atoms with Crippen LogP contribution in [0.25, 0.3) is 11.3 Å². The van der Waals surface area contributed by atoms with Gasteiger partial charge in [-0.05, 0) is 57.8 Å². The summed E-state index contributed by atoms with van der Waals surface area (Å²) in [6.45, 7) is 5.76. The summed E-state index contributed by atoms with van der Waals surface area (Å²) in [6, 6.07) is 5.14. The molecule has 1 aromatic carbocycles. The number of aromatic nitrogens is 3. The fourth-order valence-electron chi connectivity index (χ4n) is 4.07. The Hall–Kier alpha value is -2.42. The summed E-state index contributed by atoms with van der Waals surface area (Å²) < 4.78 is 45.5. The van der Waals surface area contributed by atoms with Crippen molar-refractivity contribution in [3.8, 4) is 11.3 Å². The van der Waals surface area contributed by atoms with Crippen LogP contribution in [0.5, 0.6) is 0 Å². The molecule has 176 valence electrons. The van der Waals surface area contributed by atoms with Crippen LogP contribution in [0.3, 0.4) is 0 Å². The van der Waals surface area contributed by atoms with Crippen LogP contribution >= 0.6 is 0 Å². The summed E-state index contributed by atoms with van der Waals surface area (Å²) in [4.78, 5) is 14.3. The van der Waals surface area contributed by atoms with E-state index in [1.165, 1.54) is 6.07 Å². The molecule has 9 heteroatoms. The highest BCUT2D eigenvalue weighted by Crippen LogP contribution is 2.31. The lowest BCUT2D eigenvalue weighted by Crippen LogP contribution is -2.39. The maximum absolute atomic E-state index is 12.9. The topological polar surface area (TPSA) is 60.2 Å².